The summed E-state index contributed by atoms with van der Waals surface area (Å²) in [5.41, 5.74) is 0. The van der Waals surface area contributed by atoms with Crippen molar-refractivity contribution < 1.29 is 94.4 Å². The predicted octanol–water partition coefficient (Wildman–Crippen LogP) is -7.69. The van der Waals surface area contributed by atoms with Gasteiger partial charge in [-0.15, -0.1) is 0 Å². The third-order valence-electron chi connectivity index (χ3n) is 8.13. The first kappa shape index (κ1) is 35.1. The molecule has 4 rings (SSSR count). The van der Waals surface area contributed by atoms with Crippen molar-refractivity contribution in [3.8, 4) is 0 Å². The van der Waals surface area contributed by atoms with Gasteiger partial charge in [-0.2, -0.15) is 0 Å². The van der Waals surface area contributed by atoms with Crippen molar-refractivity contribution >= 4 is 0 Å². The van der Waals surface area contributed by atoms with Crippen molar-refractivity contribution in [1.82, 2.24) is 0 Å². The minimum absolute atomic E-state index is 0.755. The molecule has 0 aromatic carbocycles. The first-order chi connectivity index (χ1) is 20.2. The van der Waals surface area contributed by atoms with Gasteiger partial charge in [-0.3, -0.25) is 0 Å². The quantitative estimate of drug-likeness (QED) is 0.118. The van der Waals surface area contributed by atoms with Crippen molar-refractivity contribution in [2.75, 3.05) is 13.2 Å². The standard InChI is InChI=1S/C24H42O19/c1-5-9(27)13(31)15(33)22(37-5)43-20-14(32)11(29)7(3-25)40-24(20)42-18-10(28)6(2)38-23(17(18)35)41-19-12(30)8(4-26)39-21(36)16(19)34/h5-36H,3-4H2,1-2H3/t5-,6-,7+,8+,9+,10+,11+,12+,13+,14-,15-,16+,17-,18+,19-,20+,21-,22+,23+,24-/m0/s1. The molecule has 0 bridgehead atoms. The minimum atomic E-state index is -1.92. The molecule has 20 atom stereocenters. The number of aliphatic hydroxyl groups excluding tert-OH is 12. The van der Waals surface area contributed by atoms with Crippen LogP contribution >= 0.6 is 0 Å². The monoisotopic (exact) mass is 634 g/mol. The van der Waals surface area contributed by atoms with Crippen molar-refractivity contribution in [3.05, 3.63) is 0 Å². The maximum Gasteiger partial charge on any atom is 0.187 e. The van der Waals surface area contributed by atoms with Crippen molar-refractivity contribution in [2.45, 2.75) is 137 Å². The second kappa shape index (κ2) is 14.3. The van der Waals surface area contributed by atoms with Crippen molar-refractivity contribution in [3.63, 3.8) is 0 Å². The van der Waals surface area contributed by atoms with Crippen LogP contribution in [-0.2, 0) is 33.2 Å². The van der Waals surface area contributed by atoms with E-state index in [1.807, 2.05) is 0 Å². The van der Waals surface area contributed by atoms with Crippen LogP contribution in [0.3, 0.4) is 0 Å². The highest BCUT2D eigenvalue weighted by Gasteiger charge is 2.55. The Bertz CT molecular complexity index is 886. The summed E-state index contributed by atoms with van der Waals surface area (Å²) >= 11 is 0. The second-order valence-corrected chi connectivity index (χ2v) is 11.1. The molecule has 4 heterocycles. The highest BCUT2D eigenvalue weighted by atomic mass is 16.8. The number of rotatable bonds is 8. The molecule has 12 N–H and O–H groups in total. The van der Waals surface area contributed by atoms with Crippen molar-refractivity contribution in [2.24, 2.45) is 0 Å². The van der Waals surface area contributed by atoms with Crippen molar-refractivity contribution in [1.29, 1.82) is 0 Å². The molecule has 4 aliphatic rings. The van der Waals surface area contributed by atoms with Crippen LogP contribution in [0.4, 0.5) is 0 Å². The molecule has 0 amide bonds. The Morgan fingerprint density at radius 2 is 0.907 bits per heavy atom. The van der Waals surface area contributed by atoms with Crippen LogP contribution in [0.5, 0.6) is 0 Å². The van der Waals surface area contributed by atoms with Gasteiger partial charge in [0.25, 0.3) is 0 Å². The zero-order valence-corrected chi connectivity index (χ0v) is 23.2. The van der Waals surface area contributed by atoms with Gasteiger partial charge in [0.2, 0.25) is 0 Å². The number of aliphatic hydroxyl groups is 12. The van der Waals surface area contributed by atoms with Crippen LogP contribution in [0.15, 0.2) is 0 Å². The van der Waals surface area contributed by atoms with E-state index in [0.29, 0.717) is 0 Å². The van der Waals surface area contributed by atoms with Crippen LogP contribution < -0.4 is 0 Å². The fraction of sp³-hybridized carbons (Fsp3) is 1.00. The smallest absolute Gasteiger partial charge is 0.187 e. The average molecular weight is 635 g/mol. The van der Waals surface area contributed by atoms with Gasteiger partial charge in [-0.25, -0.2) is 0 Å². The van der Waals surface area contributed by atoms with E-state index < -0.39 is 136 Å². The molecule has 0 aromatic rings. The van der Waals surface area contributed by atoms with E-state index in [1.165, 1.54) is 13.8 Å². The third-order valence-corrected chi connectivity index (χ3v) is 8.13. The zero-order valence-electron chi connectivity index (χ0n) is 23.2. The number of ether oxygens (including phenoxy) is 7. The highest BCUT2D eigenvalue weighted by molar-refractivity contribution is 4.97. The summed E-state index contributed by atoms with van der Waals surface area (Å²) in [5, 5.41) is 124. The molecule has 43 heavy (non-hydrogen) atoms. The Labute approximate surface area is 244 Å². The van der Waals surface area contributed by atoms with E-state index in [2.05, 4.69) is 0 Å². The third kappa shape index (κ3) is 7.00. The summed E-state index contributed by atoms with van der Waals surface area (Å²) in [6.45, 7) is 1.16. The summed E-state index contributed by atoms with van der Waals surface area (Å²) < 4.78 is 38.4. The lowest BCUT2D eigenvalue weighted by Crippen LogP contribution is -2.67. The molecule has 0 unspecified atom stereocenters. The SMILES string of the molecule is C[C@@H]1O[C@H](O[C@H]2[C@H](O[C@H]3[C@H](O)[C@@H](O[C@@H]4[C@@H](O)[C@@H](O)O[C@H](CO)[C@H]4O)O[C@@H](C)[C@H]3O)O[C@H](CO)[C@@H](O)[C@@H]2O)[C@@H](O)[C@H](O)[C@@H]1O. The molecule has 0 aromatic heterocycles. The fourth-order valence-corrected chi connectivity index (χ4v) is 5.40. The Morgan fingerprint density at radius 1 is 0.419 bits per heavy atom. The first-order valence-corrected chi connectivity index (χ1v) is 13.8. The summed E-state index contributed by atoms with van der Waals surface area (Å²) in [4.78, 5) is 0. The Hall–Kier alpha value is -0.760. The summed E-state index contributed by atoms with van der Waals surface area (Å²) in [7, 11) is 0. The van der Waals surface area contributed by atoms with Crippen LogP contribution in [0.2, 0.25) is 0 Å². The molecule has 19 nitrogen and oxygen atoms in total. The fourth-order valence-electron chi connectivity index (χ4n) is 5.40. The molecular formula is C24H42O19. The van der Waals surface area contributed by atoms with E-state index >= 15 is 0 Å². The second-order valence-electron chi connectivity index (χ2n) is 11.1. The molecule has 0 radical (unpaired) electrons. The molecule has 0 saturated carbocycles. The largest absolute Gasteiger partial charge is 0.394 e. The normalized spacial score (nSPS) is 54.8. The van der Waals surface area contributed by atoms with Gasteiger partial charge in [-0.1, -0.05) is 0 Å². The number of hydrogen-bond acceptors (Lipinski definition) is 19. The van der Waals surface area contributed by atoms with Gasteiger partial charge < -0.3 is 94.4 Å². The average Bonchev–Trinajstić information content (AvgIpc) is 2.98. The molecule has 0 spiro atoms. The van der Waals surface area contributed by atoms with Crippen LogP contribution in [0, 0.1) is 0 Å². The van der Waals surface area contributed by atoms with Gasteiger partial charge in [0, 0.05) is 0 Å². The Morgan fingerprint density at radius 3 is 1.51 bits per heavy atom. The first-order valence-electron chi connectivity index (χ1n) is 13.8. The van der Waals surface area contributed by atoms with E-state index in [9.17, 15) is 61.3 Å². The number of hydrogen-bond donors (Lipinski definition) is 12. The topological polar surface area (TPSA) is 307 Å². The van der Waals surface area contributed by atoms with Gasteiger partial charge >= 0.3 is 0 Å². The van der Waals surface area contributed by atoms with Crippen LogP contribution in [0.1, 0.15) is 13.8 Å². The Balaban J connectivity index is 1.55. The highest BCUT2D eigenvalue weighted by Crippen LogP contribution is 2.34. The Kier molecular flexibility index (Phi) is 11.7. The van der Waals surface area contributed by atoms with E-state index in [4.69, 9.17) is 33.2 Å². The lowest BCUT2D eigenvalue weighted by molar-refractivity contribution is -0.393. The van der Waals surface area contributed by atoms with Gasteiger partial charge in [0.05, 0.1) is 25.4 Å². The summed E-state index contributed by atoms with van der Waals surface area (Å²) in [6.07, 6.45) is -33.0. The van der Waals surface area contributed by atoms with E-state index in [-0.39, 0.29) is 0 Å². The van der Waals surface area contributed by atoms with Crippen LogP contribution in [0.25, 0.3) is 0 Å². The van der Waals surface area contributed by atoms with Crippen LogP contribution in [-0.4, -0.2) is 197 Å². The molecular weight excluding hydrogens is 592 g/mol. The zero-order chi connectivity index (χ0) is 31.9. The minimum Gasteiger partial charge on any atom is -0.394 e. The molecule has 4 saturated heterocycles. The molecule has 0 aliphatic carbocycles. The van der Waals surface area contributed by atoms with Gasteiger partial charge in [-0.05, 0) is 13.8 Å². The predicted molar refractivity (Wildman–Crippen MR) is 131 cm³/mol. The molecule has 252 valence electrons. The molecule has 4 fully saturated rings. The maximum atomic E-state index is 11.1. The summed E-state index contributed by atoms with van der Waals surface area (Å²) in [5.74, 6) is 0. The van der Waals surface area contributed by atoms with Gasteiger partial charge in [0.1, 0.15) is 85.5 Å². The maximum absolute atomic E-state index is 11.1. The van der Waals surface area contributed by atoms with E-state index in [1.54, 1.807) is 0 Å². The van der Waals surface area contributed by atoms with E-state index in [0.717, 1.165) is 0 Å². The molecule has 19 heteroatoms. The summed E-state index contributed by atoms with van der Waals surface area (Å²) in [6, 6.07) is 0. The van der Waals surface area contributed by atoms with Gasteiger partial charge in [0.15, 0.2) is 25.2 Å². The lowest BCUT2D eigenvalue weighted by Gasteiger charge is -2.49. The molecule has 4 aliphatic heterocycles. The lowest BCUT2D eigenvalue weighted by atomic mass is 9.96.